The van der Waals surface area contributed by atoms with E-state index in [0.29, 0.717) is 18.8 Å². The van der Waals surface area contributed by atoms with Crippen LogP contribution in [0.15, 0.2) is 50.9 Å². The third-order valence-electron chi connectivity index (χ3n) is 4.23. The molecule has 0 amide bonds. The summed E-state index contributed by atoms with van der Waals surface area (Å²) < 4.78 is 7.61. The molecule has 7 heteroatoms. The monoisotopic (exact) mass is 535 g/mol. The molecular weight excluding hydrogens is 518 g/mol. The number of carboxylic acids is 1. The number of hydrogen-bond acceptors (Lipinski definition) is 4. The van der Waals surface area contributed by atoms with Crippen LogP contribution in [0.1, 0.15) is 33.7 Å². The minimum absolute atomic E-state index is 0.0977. The van der Waals surface area contributed by atoms with Crippen LogP contribution in [-0.2, 0) is 17.8 Å². The Hall–Kier alpha value is -1.96. The summed E-state index contributed by atoms with van der Waals surface area (Å²) in [6, 6.07) is 12.0. The standard InChI is InChI=1S/C22H19Br2NO3S/c1-14-20(29-13-25-14)7-5-15-3-2-4-17(9-15)12-28-22-18(23)10-16(11-19(22)24)6-8-21(26)27/h2-5,7,9-11,13H,6,8,12H2,1H3,(H,26,27)/b7-5+. The van der Waals surface area contributed by atoms with E-state index in [-0.39, 0.29) is 6.42 Å². The van der Waals surface area contributed by atoms with Crippen LogP contribution in [0.4, 0.5) is 0 Å². The van der Waals surface area contributed by atoms with Crippen LogP contribution < -0.4 is 4.74 Å². The van der Waals surface area contributed by atoms with Crippen LogP contribution in [0.2, 0.25) is 0 Å². The lowest BCUT2D eigenvalue weighted by molar-refractivity contribution is -0.136. The van der Waals surface area contributed by atoms with Gasteiger partial charge in [0.2, 0.25) is 0 Å². The van der Waals surface area contributed by atoms with E-state index in [1.807, 2.05) is 36.7 Å². The van der Waals surface area contributed by atoms with E-state index in [9.17, 15) is 4.79 Å². The fourth-order valence-electron chi connectivity index (χ4n) is 2.73. The number of benzene rings is 2. The van der Waals surface area contributed by atoms with Gasteiger partial charge in [-0.3, -0.25) is 4.79 Å². The molecule has 1 N–H and O–H groups in total. The molecule has 0 radical (unpaired) electrons. The van der Waals surface area contributed by atoms with E-state index in [4.69, 9.17) is 9.84 Å². The average molecular weight is 537 g/mol. The molecule has 0 saturated heterocycles. The highest BCUT2D eigenvalue weighted by molar-refractivity contribution is 9.11. The van der Waals surface area contributed by atoms with Gasteiger partial charge in [-0.2, -0.15) is 0 Å². The van der Waals surface area contributed by atoms with Crippen LogP contribution >= 0.6 is 43.2 Å². The first-order valence-corrected chi connectivity index (χ1v) is 11.4. The predicted octanol–water partition coefficient (Wildman–Crippen LogP) is 6.74. The molecule has 0 aliphatic rings. The molecule has 0 atom stereocenters. The number of aryl methyl sites for hydroxylation is 2. The predicted molar refractivity (Wildman–Crippen MR) is 124 cm³/mol. The molecule has 0 aliphatic heterocycles. The first-order chi connectivity index (χ1) is 13.9. The number of nitrogens with zero attached hydrogens (tertiary/aromatic N) is 1. The number of thiazole rings is 1. The van der Waals surface area contributed by atoms with E-state index in [0.717, 1.165) is 36.2 Å². The molecule has 1 heterocycles. The second-order valence-electron chi connectivity index (χ2n) is 6.45. The maximum absolute atomic E-state index is 10.8. The molecule has 0 fully saturated rings. The molecule has 29 heavy (non-hydrogen) atoms. The minimum Gasteiger partial charge on any atom is -0.487 e. The second kappa shape index (κ2) is 10.2. The largest absolute Gasteiger partial charge is 0.487 e. The summed E-state index contributed by atoms with van der Waals surface area (Å²) in [5, 5.41) is 8.85. The molecule has 0 saturated carbocycles. The Morgan fingerprint density at radius 2 is 1.93 bits per heavy atom. The smallest absolute Gasteiger partial charge is 0.303 e. The molecular formula is C22H19Br2NO3S. The summed E-state index contributed by atoms with van der Waals surface area (Å²) in [5.41, 5.74) is 5.97. The first-order valence-electron chi connectivity index (χ1n) is 8.92. The van der Waals surface area contributed by atoms with Gasteiger partial charge in [0.05, 0.1) is 20.1 Å². The lowest BCUT2D eigenvalue weighted by Crippen LogP contribution is -2.00. The van der Waals surface area contributed by atoms with Gasteiger partial charge < -0.3 is 9.84 Å². The fraction of sp³-hybridized carbons (Fsp3) is 0.182. The SMILES string of the molecule is Cc1ncsc1/C=C/c1cccc(COc2c(Br)cc(CCC(=O)O)cc2Br)c1. The Bertz CT molecular complexity index is 1020. The third-order valence-corrected chi connectivity index (χ3v) is 6.30. The summed E-state index contributed by atoms with van der Waals surface area (Å²) in [6.07, 6.45) is 4.73. The zero-order valence-corrected chi connectivity index (χ0v) is 19.7. The van der Waals surface area contributed by atoms with Gasteiger partial charge in [-0.25, -0.2) is 4.98 Å². The van der Waals surface area contributed by atoms with E-state index < -0.39 is 5.97 Å². The molecule has 0 spiro atoms. The molecule has 1 aromatic heterocycles. The number of carboxylic acid groups (broad SMARTS) is 1. The van der Waals surface area contributed by atoms with E-state index in [1.165, 1.54) is 0 Å². The van der Waals surface area contributed by atoms with Gasteiger partial charge in [-0.1, -0.05) is 24.3 Å². The van der Waals surface area contributed by atoms with Gasteiger partial charge in [0.15, 0.2) is 0 Å². The molecule has 3 rings (SSSR count). The van der Waals surface area contributed by atoms with Crippen molar-refractivity contribution < 1.29 is 14.6 Å². The highest BCUT2D eigenvalue weighted by atomic mass is 79.9. The highest BCUT2D eigenvalue weighted by Gasteiger charge is 2.10. The van der Waals surface area contributed by atoms with Crippen LogP contribution in [0.25, 0.3) is 12.2 Å². The number of aliphatic carboxylic acids is 1. The van der Waals surface area contributed by atoms with Gasteiger partial charge in [-0.15, -0.1) is 11.3 Å². The van der Waals surface area contributed by atoms with Crippen molar-refractivity contribution in [3.8, 4) is 5.75 Å². The summed E-state index contributed by atoms with van der Waals surface area (Å²) in [6.45, 7) is 2.43. The maximum Gasteiger partial charge on any atom is 0.303 e. The molecule has 4 nitrogen and oxygen atoms in total. The van der Waals surface area contributed by atoms with E-state index in [2.05, 4.69) is 61.1 Å². The molecule has 0 aliphatic carbocycles. The third kappa shape index (κ3) is 6.26. The zero-order chi connectivity index (χ0) is 20.8. The number of hydrogen-bond donors (Lipinski definition) is 1. The van der Waals surface area contributed by atoms with Crippen molar-refractivity contribution in [3.05, 3.63) is 78.1 Å². The summed E-state index contributed by atoms with van der Waals surface area (Å²) in [7, 11) is 0. The highest BCUT2D eigenvalue weighted by Crippen LogP contribution is 2.35. The van der Waals surface area contributed by atoms with E-state index in [1.54, 1.807) is 11.3 Å². The second-order valence-corrected chi connectivity index (χ2v) is 9.05. The maximum atomic E-state index is 10.8. The normalized spacial score (nSPS) is 11.1. The van der Waals surface area contributed by atoms with Crippen molar-refractivity contribution in [1.82, 2.24) is 4.98 Å². The Morgan fingerprint density at radius 3 is 2.59 bits per heavy atom. The van der Waals surface area contributed by atoms with Crippen molar-refractivity contribution in [3.63, 3.8) is 0 Å². The van der Waals surface area contributed by atoms with Crippen molar-refractivity contribution in [2.45, 2.75) is 26.4 Å². The molecule has 3 aromatic rings. The van der Waals surface area contributed by atoms with Crippen molar-refractivity contribution >= 4 is 61.3 Å². The number of rotatable bonds is 8. The number of carbonyl (C=O) groups is 1. The summed E-state index contributed by atoms with van der Waals surface area (Å²) in [5.74, 6) is -0.109. The quantitative estimate of drug-likeness (QED) is 0.346. The molecule has 0 bridgehead atoms. The van der Waals surface area contributed by atoms with Gasteiger partial charge in [0.25, 0.3) is 0 Å². The van der Waals surface area contributed by atoms with E-state index >= 15 is 0 Å². The zero-order valence-electron chi connectivity index (χ0n) is 15.7. The lowest BCUT2D eigenvalue weighted by atomic mass is 10.1. The van der Waals surface area contributed by atoms with Crippen LogP contribution in [0.3, 0.4) is 0 Å². The van der Waals surface area contributed by atoms with Crippen molar-refractivity contribution in [2.24, 2.45) is 0 Å². The van der Waals surface area contributed by atoms with Gasteiger partial charge >= 0.3 is 5.97 Å². The topological polar surface area (TPSA) is 59.4 Å². The molecule has 0 unspecified atom stereocenters. The summed E-state index contributed by atoms with van der Waals surface area (Å²) >= 11 is 8.68. The summed E-state index contributed by atoms with van der Waals surface area (Å²) in [4.78, 5) is 16.2. The van der Waals surface area contributed by atoms with Crippen molar-refractivity contribution in [2.75, 3.05) is 0 Å². The first kappa shape index (κ1) is 21.7. The fourth-order valence-corrected chi connectivity index (χ4v) is 4.94. The minimum atomic E-state index is -0.808. The Labute approximate surface area is 190 Å². The molecule has 2 aromatic carbocycles. The van der Waals surface area contributed by atoms with Crippen molar-refractivity contribution in [1.29, 1.82) is 0 Å². The van der Waals surface area contributed by atoms with Gasteiger partial charge in [0.1, 0.15) is 12.4 Å². The average Bonchev–Trinajstić information content (AvgIpc) is 3.09. The van der Waals surface area contributed by atoms with Crippen LogP contribution in [-0.4, -0.2) is 16.1 Å². The Kier molecular flexibility index (Phi) is 7.64. The Morgan fingerprint density at radius 1 is 1.17 bits per heavy atom. The van der Waals surface area contributed by atoms with Crippen LogP contribution in [0.5, 0.6) is 5.75 Å². The van der Waals surface area contributed by atoms with Crippen LogP contribution in [0, 0.1) is 6.92 Å². The van der Waals surface area contributed by atoms with Gasteiger partial charge in [-0.05, 0) is 86.2 Å². The lowest BCUT2D eigenvalue weighted by Gasteiger charge is -2.12. The number of ether oxygens (including phenoxy) is 1. The Balaban J connectivity index is 1.68. The number of aromatic nitrogens is 1. The van der Waals surface area contributed by atoms with Gasteiger partial charge in [0, 0.05) is 11.3 Å². The molecule has 150 valence electrons. The number of halogens is 2.